The summed E-state index contributed by atoms with van der Waals surface area (Å²) in [7, 11) is 1.63. The lowest BCUT2D eigenvalue weighted by molar-refractivity contribution is 0.378. The predicted molar refractivity (Wildman–Crippen MR) is 79.3 cm³/mol. The van der Waals surface area contributed by atoms with Crippen LogP contribution in [0, 0.1) is 0 Å². The van der Waals surface area contributed by atoms with Crippen molar-refractivity contribution in [3.8, 4) is 17.2 Å². The average molecular weight is 272 g/mol. The van der Waals surface area contributed by atoms with Gasteiger partial charge in [0.05, 0.1) is 12.8 Å². The van der Waals surface area contributed by atoms with Gasteiger partial charge in [-0.2, -0.15) is 0 Å². The fourth-order valence-corrected chi connectivity index (χ4v) is 1.75. The summed E-state index contributed by atoms with van der Waals surface area (Å²) in [4.78, 5) is 4.32. The van der Waals surface area contributed by atoms with Crippen molar-refractivity contribution in [1.29, 1.82) is 0 Å². The molecule has 0 aliphatic heterocycles. The van der Waals surface area contributed by atoms with Gasteiger partial charge < -0.3 is 14.8 Å². The Bertz CT molecular complexity index is 556. The van der Waals surface area contributed by atoms with E-state index in [1.54, 1.807) is 13.3 Å². The molecule has 1 heterocycles. The van der Waals surface area contributed by atoms with Crippen LogP contribution in [0.3, 0.4) is 0 Å². The highest BCUT2D eigenvalue weighted by molar-refractivity contribution is 5.42. The largest absolute Gasteiger partial charge is 0.493 e. The smallest absolute Gasteiger partial charge is 0.169 e. The number of aromatic nitrogens is 1. The molecule has 0 bridgehead atoms. The van der Waals surface area contributed by atoms with E-state index < -0.39 is 0 Å². The number of ether oxygens (including phenoxy) is 2. The van der Waals surface area contributed by atoms with E-state index in [2.05, 4.69) is 24.1 Å². The first kappa shape index (κ1) is 14.3. The molecule has 0 spiro atoms. The van der Waals surface area contributed by atoms with Crippen molar-refractivity contribution in [3.05, 3.63) is 48.3 Å². The summed E-state index contributed by atoms with van der Waals surface area (Å²) in [6, 6.07) is 11.8. The standard InChI is InChI=1S/C16H20N2O2/c1-12(2)18-11-13-10-14(8-9-17-13)20-16-7-5-4-6-15(16)19-3/h4-10,12,18H,11H2,1-3H3. The van der Waals surface area contributed by atoms with Crippen LogP contribution >= 0.6 is 0 Å². The van der Waals surface area contributed by atoms with Gasteiger partial charge >= 0.3 is 0 Å². The third-order valence-electron chi connectivity index (χ3n) is 2.78. The summed E-state index contributed by atoms with van der Waals surface area (Å²) in [5.74, 6) is 2.17. The van der Waals surface area contributed by atoms with Crippen LogP contribution in [-0.4, -0.2) is 18.1 Å². The molecule has 2 aromatic rings. The Kier molecular flexibility index (Phi) is 4.96. The van der Waals surface area contributed by atoms with Crippen molar-refractivity contribution in [1.82, 2.24) is 10.3 Å². The Morgan fingerprint density at radius 1 is 1.15 bits per heavy atom. The van der Waals surface area contributed by atoms with Gasteiger partial charge in [0, 0.05) is 24.8 Å². The average Bonchev–Trinajstić information content (AvgIpc) is 2.46. The molecule has 0 fully saturated rings. The molecule has 1 N–H and O–H groups in total. The van der Waals surface area contributed by atoms with Crippen molar-refractivity contribution < 1.29 is 9.47 Å². The molecule has 0 atom stereocenters. The number of para-hydroxylation sites is 2. The van der Waals surface area contributed by atoms with Crippen LogP contribution < -0.4 is 14.8 Å². The van der Waals surface area contributed by atoms with E-state index in [9.17, 15) is 0 Å². The molecule has 1 aromatic heterocycles. The Morgan fingerprint density at radius 2 is 1.90 bits per heavy atom. The van der Waals surface area contributed by atoms with Gasteiger partial charge in [-0.15, -0.1) is 0 Å². The van der Waals surface area contributed by atoms with Crippen molar-refractivity contribution >= 4 is 0 Å². The highest BCUT2D eigenvalue weighted by atomic mass is 16.5. The van der Waals surface area contributed by atoms with E-state index in [1.165, 1.54) is 0 Å². The molecule has 4 nitrogen and oxygen atoms in total. The van der Waals surface area contributed by atoms with Gasteiger partial charge in [0.2, 0.25) is 0 Å². The first-order valence-corrected chi connectivity index (χ1v) is 6.68. The molecule has 0 amide bonds. The van der Waals surface area contributed by atoms with Gasteiger partial charge in [-0.05, 0) is 18.2 Å². The fraction of sp³-hybridized carbons (Fsp3) is 0.312. The molecule has 0 aliphatic rings. The molecule has 0 unspecified atom stereocenters. The van der Waals surface area contributed by atoms with Crippen LogP contribution in [0.5, 0.6) is 17.2 Å². The summed E-state index contributed by atoms with van der Waals surface area (Å²) in [5, 5.41) is 3.33. The number of methoxy groups -OCH3 is 1. The highest BCUT2D eigenvalue weighted by Gasteiger charge is 2.05. The van der Waals surface area contributed by atoms with Crippen LogP contribution in [-0.2, 0) is 6.54 Å². The van der Waals surface area contributed by atoms with Gasteiger partial charge in [0.1, 0.15) is 5.75 Å². The van der Waals surface area contributed by atoms with Crippen LogP contribution in [0.25, 0.3) is 0 Å². The zero-order chi connectivity index (χ0) is 14.4. The van der Waals surface area contributed by atoms with Crippen LogP contribution in [0.2, 0.25) is 0 Å². The summed E-state index contributed by atoms with van der Waals surface area (Å²) >= 11 is 0. The second-order valence-corrected chi connectivity index (χ2v) is 4.77. The topological polar surface area (TPSA) is 43.4 Å². The Balaban J connectivity index is 2.11. The molecule has 0 saturated carbocycles. The number of hydrogen-bond acceptors (Lipinski definition) is 4. The third-order valence-corrected chi connectivity index (χ3v) is 2.78. The number of benzene rings is 1. The molecule has 2 rings (SSSR count). The lowest BCUT2D eigenvalue weighted by Gasteiger charge is -2.11. The van der Waals surface area contributed by atoms with Crippen molar-refractivity contribution in [2.45, 2.75) is 26.4 Å². The lowest BCUT2D eigenvalue weighted by Crippen LogP contribution is -2.22. The van der Waals surface area contributed by atoms with E-state index in [0.29, 0.717) is 17.5 Å². The van der Waals surface area contributed by atoms with Gasteiger partial charge in [0.15, 0.2) is 11.5 Å². The maximum absolute atomic E-state index is 5.86. The number of pyridine rings is 1. The minimum Gasteiger partial charge on any atom is -0.493 e. The quantitative estimate of drug-likeness (QED) is 0.875. The van der Waals surface area contributed by atoms with E-state index in [1.807, 2.05) is 36.4 Å². The second-order valence-electron chi connectivity index (χ2n) is 4.77. The predicted octanol–water partition coefficient (Wildman–Crippen LogP) is 3.38. The molecule has 0 saturated heterocycles. The SMILES string of the molecule is COc1ccccc1Oc1ccnc(CNC(C)C)c1. The minimum absolute atomic E-state index is 0.426. The molecule has 20 heavy (non-hydrogen) atoms. The lowest BCUT2D eigenvalue weighted by atomic mass is 10.3. The monoisotopic (exact) mass is 272 g/mol. The molecule has 106 valence electrons. The molecule has 0 radical (unpaired) electrons. The maximum Gasteiger partial charge on any atom is 0.169 e. The third kappa shape index (κ3) is 3.96. The summed E-state index contributed by atoms with van der Waals surface area (Å²) < 4.78 is 11.1. The zero-order valence-electron chi connectivity index (χ0n) is 12.1. The van der Waals surface area contributed by atoms with Crippen molar-refractivity contribution in [3.63, 3.8) is 0 Å². The summed E-state index contributed by atoms with van der Waals surface area (Å²) in [6.45, 7) is 4.94. The zero-order valence-corrected chi connectivity index (χ0v) is 12.1. The van der Waals surface area contributed by atoms with E-state index in [-0.39, 0.29) is 0 Å². The first-order valence-electron chi connectivity index (χ1n) is 6.68. The van der Waals surface area contributed by atoms with E-state index >= 15 is 0 Å². The van der Waals surface area contributed by atoms with Crippen molar-refractivity contribution in [2.24, 2.45) is 0 Å². The fourth-order valence-electron chi connectivity index (χ4n) is 1.75. The highest BCUT2D eigenvalue weighted by Crippen LogP contribution is 2.30. The summed E-state index contributed by atoms with van der Waals surface area (Å²) in [6.07, 6.45) is 1.75. The van der Waals surface area contributed by atoms with Crippen LogP contribution in [0.4, 0.5) is 0 Å². The molecular formula is C16H20N2O2. The number of hydrogen-bond donors (Lipinski definition) is 1. The van der Waals surface area contributed by atoms with E-state index in [4.69, 9.17) is 9.47 Å². The molecular weight excluding hydrogens is 252 g/mol. The Labute approximate surface area is 119 Å². The van der Waals surface area contributed by atoms with Gasteiger partial charge in [0.25, 0.3) is 0 Å². The number of nitrogens with one attached hydrogen (secondary N) is 1. The second kappa shape index (κ2) is 6.91. The minimum atomic E-state index is 0.426. The Hall–Kier alpha value is -2.07. The summed E-state index contributed by atoms with van der Waals surface area (Å²) in [5.41, 5.74) is 0.950. The normalized spacial score (nSPS) is 10.6. The van der Waals surface area contributed by atoms with Gasteiger partial charge in [-0.25, -0.2) is 0 Å². The van der Waals surface area contributed by atoms with Gasteiger partial charge in [-0.1, -0.05) is 26.0 Å². The Morgan fingerprint density at radius 3 is 2.60 bits per heavy atom. The van der Waals surface area contributed by atoms with Crippen LogP contribution in [0.15, 0.2) is 42.6 Å². The van der Waals surface area contributed by atoms with E-state index in [0.717, 1.165) is 18.0 Å². The number of nitrogens with zero attached hydrogens (tertiary/aromatic N) is 1. The van der Waals surface area contributed by atoms with Gasteiger partial charge in [-0.3, -0.25) is 4.98 Å². The molecule has 4 heteroatoms. The van der Waals surface area contributed by atoms with Crippen molar-refractivity contribution in [2.75, 3.05) is 7.11 Å². The first-order chi connectivity index (χ1) is 9.69. The molecule has 0 aliphatic carbocycles. The maximum atomic E-state index is 5.86. The number of rotatable bonds is 6. The molecule has 1 aromatic carbocycles. The van der Waals surface area contributed by atoms with Crippen LogP contribution in [0.1, 0.15) is 19.5 Å².